The Morgan fingerprint density at radius 2 is 2.47 bits per heavy atom. The second kappa shape index (κ2) is 4.49. The summed E-state index contributed by atoms with van der Waals surface area (Å²) in [4.78, 5) is 6.84. The molecule has 15 heavy (non-hydrogen) atoms. The van der Waals surface area contributed by atoms with E-state index in [1.165, 1.54) is 19.3 Å². The third-order valence-electron chi connectivity index (χ3n) is 3.02. The van der Waals surface area contributed by atoms with E-state index in [4.69, 9.17) is 5.84 Å². The summed E-state index contributed by atoms with van der Waals surface area (Å²) in [5, 5.41) is 0. The van der Waals surface area contributed by atoms with Gasteiger partial charge in [0.2, 0.25) is 0 Å². The number of nitrogens with one attached hydrogen (secondary N) is 1. The molecule has 2 heterocycles. The first-order chi connectivity index (χ1) is 7.35. The van der Waals surface area contributed by atoms with Crippen LogP contribution in [0.2, 0.25) is 0 Å². The fourth-order valence-corrected chi connectivity index (χ4v) is 2.23. The lowest BCUT2D eigenvalue weighted by molar-refractivity contribution is 0.641. The number of rotatable bonds is 3. The summed E-state index contributed by atoms with van der Waals surface area (Å²) in [6.07, 6.45) is 3.72. The Morgan fingerprint density at radius 3 is 3.20 bits per heavy atom. The molecule has 0 aliphatic carbocycles. The van der Waals surface area contributed by atoms with Crippen LogP contribution in [0.15, 0.2) is 18.2 Å². The Labute approximate surface area is 90.5 Å². The standard InChI is InChI=1S/C11H18N4/c1-2-9-5-4-8-15(9)11-7-3-6-10(13-11)14-12/h3,6-7,9H,2,4-5,8,12H2,1H3,(H,13,14). The van der Waals surface area contributed by atoms with E-state index in [1.54, 1.807) is 0 Å². The highest BCUT2D eigenvalue weighted by Crippen LogP contribution is 2.26. The molecule has 4 nitrogen and oxygen atoms in total. The average molecular weight is 206 g/mol. The monoisotopic (exact) mass is 206 g/mol. The van der Waals surface area contributed by atoms with E-state index in [2.05, 4.69) is 28.3 Å². The van der Waals surface area contributed by atoms with Crippen molar-refractivity contribution in [1.82, 2.24) is 4.98 Å². The highest BCUT2D eigenvalue weighted by atomic mass is 15.3. The van der Waals surface area contributed by atoms with Crippen molar-refractivity contribution in [1.29, 1.82) is 0 Å². The summed E-state index contributed by atoms with van der Waals surface area (Å²) in [5.41, 5.74) is 2.59. The number of anilines is 2. The summed E-state index contributed by atoms with van der Waals surface area (Å²) in [6.45, 7) is 3.34. The van der Waals surface area contributed by atoms with Gasteiger partial charge in [0.05, 0.1) is 0 Å². The van der Waals surface area contributed by atoms with E-state index in [9.17, 15) is 0 Å². The number of nitrogen functional groups attached to an aromatic ring is 1. The normalized spacial score (nSPS) is 20.7. The van der Waals surface area contributed by atoms with Gasteiger partial charge in [-0.25, -0.2) is 10.8 Å². The van der Waals surface area contributed by atoms with Crippen LogP contribution in [-0.2, 0) is 0 Å². The Morgan fingerprint density at radius 1 is 1.60 bits per heavy atom. The number of nitrogens with zero attached hydrogens (tertiary/aromatic N) is 2. The van der Waals surface area contributed by atoms with Crippen LogP contribution in [0.4, 0.5) is 11.6 Å². The van der Waals surface area contributed by atoms with E-state index in [-0.39, 0.29) is 0 Å². The van der Waals surface area contributed by atoms with Crippen LogP contribution in [0.25, 0.3) is 0 Å². The molecule has 0 saturated carbocycles. The van der Waals surface area contributed by atoms with Gasteiger partial charge in [-0.05, 0) is 31.4 Å². The summed E-state index contributed by atoms with van der Waals surface area (Å²) in [7, 11) is 0. The fourth-order valence-electron chi connectivity index (χ4n) is 2.23. The maximum Gasteiger partial charge on any atom is 0.142 e. The van der Waals surface area contributed by atoms with Crippen LogP contribution in [0.5, 0.6) is 0 Å². The number of hydrazine groups is 1. The first kappa shape index (κ1) is 10.2. The minimum absolute atomic E-state index is 0.644. The zero-order valence-corrected chi connectivity index (χ0v) is 9.11. The van der Waals surface area contributed by atoms with E-state index in [0.29, 0.717) is 6.04 Å². The molecule has 0 radical (unpaired) electrons. The van der Waals surface area contributed by atoms with Crippen LogP contribution in [0.3, 0.4) is 0 Å². The first-order valence-electron chi connectivity index (χ1n) is 5.55. The molecule has 4 heteroatoms. The molecule has 1 aromatic heterocycles. The molecule has 0 aromatic carbocycles. The van der Waals surface area contributed by atoms with E-state index < -0.39 is 0 Å². The van der Waals surface area contributed by atoms with Crippen LogP contribution >= 0.6 is 0 Å². The van der Waals surface area contributed by atoms with Gasteiger partial charge in [-0.2, -0.15) is 0 Å². The fraction of sp³-hybridized carbons (Fsp3) is 0.545. The van der Waals surface area contributed by atoms with Crippen molar-refractivity contribution in [3.63, 3.8) is 0 Å². The van der Waals surface area contributed by atoms with Crippen LogP contribution in [-0.4, -0.2) is 17.6 Å². The second-order valence-corrected chi connectivity index (χ2v) is 3.92. The Bertz CT molecular complexity index is 326. The summed E-state index contributed by atoms with van der Waals surface area (Å²) >= 11 is 0. The molecule has 1 unspecified atom stereocenters. The Kier molecular flexibility index (Phi) is 3.06. The maximum atomic E-state index is 5.35. The topological polar surface area (TPSA) is 54.2 Å². The molecule has 1 aliphatic heterocycles. The lowest BCUT2D eigenvalue weighted by atomic mass is 10.2. The van der Waals surface area contributed by atoms with Gasteiger partial charge in [0.25, 0.3) is 0 Å². The predicted molar refractivity (Wildman–Crippen MR) is 62.7 cm³/mol. The third kappa shape index (κ3) is 2.04. The SMILES string of the molecule is CCC1CCCN1c1cccc(NN)n1. The molecule has 1 aromatic rings. The molecule has 2 rings (SSSR count). The van der Waals surface area contributed by atoms with Gasteiger partial charge in [-0.3, -0.25) is 0 Å². The number of nitrogens with two attached hydrogens (primary N) is 1. The zero-order chi connectivity index (χ0) is 10.7. The molecule has 1 atom stereocenters. The van der Waals surface area contributed by atoms with Crippen molar-refractivity contribution < 1.29 is 0 Å². The van der Waals surface area contributed by atoms with Crippen LogP contribution < -0.4 is 16.2 Å². The molecule has 0 amide bonds. The van der Waals surface area contributed by atoms with Crippen LogP contribution in [0, 0.1) is 0 Å². The average Bonchev–Trinajstić information content (AvgIpc) is 2.77. The molecular weight excluding hydrogens is 188 g/mol. The van der Waals surface area contributed by atoms with Gasteiger partial charge < -0.3 is 10.3 Å². The summed E-state index contributed by atoms with van der Waals surface area (Å²) in [6, 6.07) is 6.56. The quantitative estimate of drug-likeness (QED) is 0.584. The maximum absolute atomic E-state index is 5.35. The van der Waals surface area contributed by atoms with Gasteiger partial charge in [0.15, 0.2) is 0 Å². The molecule has 82 valence electrons. The Hall–Kier alpha value is -1.29. The summed E-state index contributed by atoms with van der Waals surface area (Å²) < 4.78 is 0. The second-order valence-electron chi connectivity index (χ2n) is 3.92. The zero-order valence-electron chi connectivity index (χ0n) is 9.11. The van der Waals surface area contributed by atoms with Crippen molar-refractivity contribution in [3.8, 4) is 0 Å². The van der Waals surface area contributed by atoms with Crippen molar-refractivity contribution in [2.24, 2.45) is 5.84 Å². The molecule has 3 N–H and O–H groups in total. The highest BCUT2D eigenvalue weighted by molar-refractivity contribution is 5.47. The predicted octanol–water partition coefficient (Wildman–Crippen LogP) is 1.75. The van der Waals surface area contributed by atoms with Gasteiger partial charge >= 0.3 is 0 Å². The van der Waals surface area contributed by atoms with E-state index in [1.807, 2.05) is 12.1 Å². The van der Waals surface area contributed by atoms with Crippen molar-refractivity contribution >= 4 is 11.6 Å². The lowest BCUT2D eigenvalue weighted by Gasteiger charge is -2.24. The minimum Gasteiger partial charge on any atom is -0.354 e. The first-order valence-corrected chi connectivity index (χ1v) is 5.55. The van der Waals surface area contributed by atoms with Gasteiger partial charge in [-0.15, -0.1) is 0 Å². The summed E-state index contributed by atoms with van der Waals surface area (Å²) in [5.74, 6) is 7.12. The lowest BCUT2D eigenvalue weighted by Crippen LogP contribution is -2.29. The molecule has 0 spiro atoms. The van der Waals surface area contributed by atoms with Crippen LogP contribution in [0.1, 0.15) is 26.2 Å². The number of hydrogen-bond donors (Lipinski definition) is 2. The number of hydrogen-bond acceptors (Lipinski definition) is 4. The van der Waals surface area contributed by atoms with Gasteiger partial charge in [0.1, 0.15) is 11.6 Å². The molecule has 1 fully saturated rings. The molecule has 0 bridgehead atoms. The smallest absolute Gasteiger partial charge is 0.142 e. The minimum atomic E-state index is 0.644. The molecular formula is C11H18N4. The number of aromatic nitrogens is 1. The van der Waals surface area contributed by atoms with Gasteiger partial charge in [0, 0.05) is 12.6 Å². The highest BCUT2D eigenvalue weighted by Gasteiger charge is 2.23. The van der Waals surface area contributed by atoms with Crippen molar-refractivity contribution in [2.75, 3.05) is 16.9 Å². The molecule has 1 saturated heterocycles. The van der Waals surface area contributed by atoms with E-state index in [0.717, 1.165) is 18.2 Å². The van der Waals surface area contributed by atoms with Crippen molar-refractivity contribution in [2.45, 2.75) is 32.2 Å². The largest absolute Gasteiger partial charge is 0.354 e. The van der Waals surface area contributed by atoms with E-state index >= 15 is 0 Å². The van der Waals surface area contributed by atoms with Crippen molar-refractivity contribution in [3.05, 3.63) is 18.2 Å². The Balaban J connectivity index is 2.20. The van der Waals surface area contributed by atoms with Gasteiger partial charge in [-0.1, -0.05) is 13.0 Å². The molecule has 1 aliphatic rings. The third-order valence-corrected chi connectivity index (χ3v) is 3.02. The number of pyridine rings is 1.